The van der Waals surface area contributed by atoms with E-state index in [0.29, 0.717) is 6.79 Å². The molecule has 3 aliphatic heterocycles. The van der Waals surface area contributed by atoms with E-state index in [-0.39, 0.29) is 72.7 Å². The molecule has 0 aromatic heterocycles. The second-order valence-corrected chi connectivity index (χ2v) is 14.8. The van der Waals surface area contributed by atoms with Crippen molar-refractivity contribution in [3.05, 3.63) is 23.8 Å². The van der Waals surface area contributed by atoms with Crippen LogP contribution in [0.3, 0.4) is 0 Å². The number of β-lactam (4-membered cyclic amide) rings is 1. The maximum Gasteiger partial charge on any atom is 1.00 e. The van der Waals surface area contributed by atoms with Crippen molar-refractivity contribution in [3.8, 4) is 11.5 Å². The molecule has 4 rings (SSSR count). The van der Waals surface area contributed by atoms with Crippen molar-refractivity contribution in [1.82, 2.24) is 4.90 Å². The smallest absolute Gasteiger partial charge is 0.548 e. The molecule has 1 aromatic carbocycles. The number of amides is 1. The Bertz CT molecular complexity index is 965. The van der Waals surface area contributed by atoms with Gasteiger partial charge in [0.25, 0.3) is 0 Å². The first-order valence-electron chi connectivity index (χ1n) is 12.7. The van der Waals surface area contributed by atoms with E-state index in [1.54, 1.807) is 0 Å². The van der Waals surface area contributed by atoms with Gasteiger partial charge in [-0.25, -0.2) is 0 Å². The molecule has 11 heteroatoms. The Hall–Kier alpha value is 0.376. The van der Waals surface area contributed by atoms with E-state index < -0.39 is 27.6 Å². The fourth-order valence-electron chi connectivity index (χ4n) is 4.67. The Balaban J connectivity index is 0.000000277. The summed E-state index contributed by atoms with van der Waals surface area (Å²) in [7, 11) is -0.743. The van der Waals surface area contributed by atoms with Gasteiger partial charge in [-0.2, -0.15) is 0 Å². The number of carbonyl (C=O) groups is 2. The van der Waals surface area contributed by atoms with Crippen LogP contribution in [-0.2, 0) is 26.8 Å². The van der Waals surface area contributed by atoms with Gasteiger partial charge >= 0.3 is 51.4 Å². The van der Waals surface area contributed by atoms with Crippen molar-refractivity contribution in [2.24, 2.45) is 0 Å². The van der Waals surface area contributed by atoms with Crippen LogP contribution >= 0.6 is 27.7 Å². The van der Waals surface area contributed by atoms with Crippen LogP contribution in [0.4, 0.5) is 0 Å². The van der Waals surface area contributed by atoms with Gasteiger partial charge in [-0.15, -0.1) is 11.8 Å². The molecule has 0 bridgehead atoms. The van der Waals surface area contributed by atoms with Gasteiger partial charge in [-0.1, -0.05) is 67.9 Å². The van der Waals surface area contributed by atoms with Crippen LogP contribution < -0.4 is 66.0 Å². The van der Waals surface area contributed by atoms with Crippen molar-refractivity contribution < 1.29 is 79.8 Å². The van der Waals surface area contributed by atoms with Gasteiger partial charge in [-0.05, 0) is 44.4 Å². The Labute approximate surface area is 278 Å². The zero-order valence-electron chi connectivity index (χ0n) is 22.5. The minimum absolute atomic E-state index is 0. The van der Waals surface area contributed by atoms with Gasteiger partial charge in [0.2, 0.25) is 12.7 Å². The van der Waals surface area contributed by atoms with Crippen LogP contribution in [0.25, 0.3) is 0 Å². The molecule has 5 atom stereocenters. The van der Waals surface area contributed by atoms with Crippen LogP contribution in [0.1, 0.15) is 71.8 Å². The first-order valence-corrected chi connectivity index (χ1v) is 15.8. The molecule has 0 N–H and O–H groups in total. The Morgan fingerprint density at radius 2 is 1.86 bits per heavy atom. The molecule has 0 radical (unpaired) electrons. The third kappa shape index (κ3) is 8.68. The molecule has 1 aromatic rings. The van der Waals surface area contributed by atoms with Gasteiger partial charge in [-0.3, -0.25) is 9.00 Å². The number of rotatable bonds is 11. The van der Waals surface area contributed by atoms with Crippen LogP contribution in [0.2, 0.25) is 0 Å². The van der Waals surface area contributed by atoms with Crippen molar-refractivity contribution in [3.63, 3.8) is 0 Å². The first-order chi connectivity index (χ1) is 17.1. The number of hydrogen-bond donors (Lipinski definition) is 0. The molecule has 3 aliphatic rings. The predicted octanol–water partition coefficient (Wildman–Crippen LogP) is 1.02. The average molecular weight is 643 g/mol. The molecule has 2 unspecified atom stereocenters. The predicted molar refractivity (Wildman–Crippen MR) is 146 cm³/mol. The van der Waals surface area contributed by atoms with E-state index in [2.05, 4.69) is 29.8 Å². The van der Waals surface area contributed by atoms with Crippen LogP contribution in [0, 0.1) is 0 Å². The maximum atomic E-state index is 12.3. The number of aliphatic carboxylic acids is 1. The fourth-order valence-corrected chi connectivity index (χ4v) is 8.29. The molecule has 37 heavy (non-hydrogen) atoms. The van der Waals surface area contributed by atoms with E-state index in [1.807, 2.05) is 32.0 Å². The van der Waals surface area contributed by atoms with Crippen molar-refractivity contribution >= 4 is 50.4 Å². The number of thioether (sulfide) groups is 1. The zero-order chi connectivity index (χ0) is 26.5. The molecule has 2 saturated heterocycles. The van der Waals surface area contributed by atoms with Crippen molar-refractivity contribution in [1.29, 1.82) is 0 Å². The monoisotopic (exact) mass is 641 g/mol. The summed E-state index contributed by atoms with van der Waals surface area (Å²) in [4.78, 5) is 23.5. The number of fused-ring (bicyclic) bond motifs is 2. The number of unbranched alkanes of at least 4 members (excludes halogenated alkanes) is 5. The second-order valence-electron chi connectivity index (χ2n) is 10.0. The zero-order valence-corrected chi connectivity index (χ0v) is 28.8. The molecule has 0 spiro atoms. The molecule has 7 nitrogen and oxygen atoms in total. The van der Waals surface area contributed by atoms with Crippen molar-refractivity contribution in [2.75, 3.05) is 12.5 Å². The molecular weight excluding hydrogens is 605 g/mol. The first kappa shape index (κ1) is 33.6. The minimum Gasteiger partial charge on any atom is -0.548 e. The number of ether oxygens (including phenoxy) is 2. The maximum absolute atomic E-state index is 12.3. The minimum atomic E-state index is -1.17. The van der Waals surface area contributed by atoms with E-state index in [0.717, 1.165) is 30.1 Å². The molecular formula is C26H37BrKNO6S2. The van der Waals surface area contributed by atoms with Gasteiger partial charge in [0.05, 0.1) is 12.0 Å². The Morgan fingerprint density at radius 1 is 1.22 bits per heavy atom. The third-order valence-electron chi connectivity index (χ3n) is 6.71. The number of benzene rings is 1. The summed E-state index contributed by atoms with van der Waals surface area (Å²) < 4.78 is 22.6. The number of nitrogens with zero attached hydrogens (tertiary/aromatic N) is 1. The summed E-state index contributed by atoms with van der Waals surface area (Å²) in [5.41, 5.74) is 1.17. The summed E-state index contributed by atoms with van der Waals surface area (Å²) in [6.45, 7) is 8.26. The number of alkyl halides is 1. The summed E-state index contributed by atoms with van der Waals surface area (Å²) in [5, 5.41) is 11.1. The van der Waals surface area contributed by atoms with Gasteiger partial charge in [0.1, 0.15) is 10.2 Å². The molecule has 0 aliphatic carbocycles. The van der Waals surface area contributed by atoms with E-state index in [4.69, 9.17) is 9.47 Å². The van der Waals surface area contributed by atoms with E-state index in [1.165, 1.54) is 54.3 Å². The second kappa shape index (κ2) is 15.4. The normalized spacial score (nSPS) is 24.2. The summed E-state index contributed by atoms with van der Waals surface area (Å²) in [5.74, 6) is 1.13. The molecule has 2 fully saturated rings. The number of carbonyl (C=O) groups excluding carboxylic acids is 2. The van der Waals surface area contributed by atoms with Gasteiger partial charge < -0.3 is 24.3 Å². The van der Waals surface area contributed by atoms with Crippen molar-refractivity contribution in [2.45, 2.75) is 98.9 Å². The summed E-state index contributed by atoms with van der Waals surface area (Å²) in [6.07, 6.45) is 8.32. The quantitative estimate of drug-likeness (QED) is 0.154. The largest absolute Gasteiger partial charge is 1.00 e. The average Bonchev–Trinajstić information content (AvgIpc) is 3.40. The number of halogens is 1. The topological polar surface area (TPSA) is 96.0 Å². The Morgan fingerprint density at radius 3 is 2.54 bits per heavy atom. The van der Waals surface area contributed by atoms with Crippen LogP contribution in [0.5, 0.6) is 11.5 Å². The standard InChI is InChI=1S/C18H28O3S.C8H10BrNO3S.K/c1-3-4-5-6-7-8-11-22(19)15(2)12-16-9-10-17-18(13-16)21-14-20-17;1-8(2)4(7(12)13)10-5(11)3(9)6(10)14-8;/h9-10,13,15H,3-8,11-12,14H2,1-2H3;3-4,6H,1-2H3,(H,12,13);/q;;+1/p-1/t;3-,4-,6+;/m.0./s1. The van der Waals surface area contributed by atoms with E-state index in [9.17, 15) is 18.9 Å². The summed E-state index contributed by atoms with van der Waals surface area (Å²) in [6, 6.07) is 5.20. The summed E-state index contributed by atoms with van der Waals surface area (Å²) >= 11 is 4.74. The fraction of sp³-hybridized carbons (Fsp3) is 0.692. The third-order valence-corrected chi connectivity index (χ3v) is 11.3. The van der Waals surface area contributed by atoms with E-state index >= 15 is 0 Å². The number of carboxylic acids is 1. The van der Waals surface area contributed by atoms with Gasteiger partial charge in [0, 0.05) is 26.5 Å². The van der Waals surface area contributed by atoms with Crippen LogP contribution in [-0.4, -0.2) is 59.8 Å². The van der Waals surface area contributed by atoms with Gasteiger partial charge in [0.15, 0.2) is 11.5 Å². The van der Waals surface area contributed by atoms with Crippen LogP contribution in [0.15, 0.2) is 18.2 Å². The molecule has 3 heterocycles. The number of hydrogen-bond acceptors (Lipinski definition) is 7. The Kier molecular flexibility index (Phi) is 14.0. The molecule has 0 saturated carbocycles. The molecule has 202 valence electrons. The molecule has 1 amide bonds. The SMILES string of the molecule is CC1(C)S[C@@H]2[C@@H](Br)C(=O)N2[C@H]1C(=O)[O-].CCCCCCCCS(=O)C(C)Cc1ccc2c(c1)OCO2.[K+]. The number of carboxylic acid groups (broad SMARTS) is 1.